The van der Waals surface area contributed by atoms with Crippen LogP contribution in [0.3, 0.4) is 0 Å². The van der Waals surface area contributed by atoms with Crippen molar-refractivity contribution in [1.82, 2.24) is 4.90 Å². The summed E-state index contributed by atoms with van der Waals surface area (Å²) in [5.41, 5.74) is 2.39. The summed E-state index contributed by atoms with van der Waals surface area (Å²) in [4.78, 5) is 15.0. The largest absolute Gasteiger partial charge is 0.353 e. The van der Waals surface area contributed by atoms with Gasteiger partial charge >= 0.3 is 0 Å². The van der Waals surface area contributed by atoms with E-state index in [0.717, 1.165) is 23.4 Å². The normalized spacial score (nSPS) is 11.5. The van der Waals surface area contributed by atoms with Crippen molar-refractivity contribution in [3.05, 3.63) is 96.3 Å². The lowest BCUT2D eigenvalue weighted by Crippen LogP contribution is -2.38. The molecule has 0 unspecified atom stereocenters. The third-order valence-electron chi connectivity index (χ3n) is 4.68. The molecule has 2 aromatic carbocycles. The maximum absolute atomic E-state index is 12.9. The molecule has 0 atom stereocenters. The van der Waals surface area contributed by atoms with Gasteiger partial charge in [-0.05, 0) is 44.5 Å². The monoisotopic (exact) mass is 333 g/mol. The van der Waals surface area contributed by atoms with Crippen LogP contribution in [0.1, 0.15) is 38.3 Å². The third kappa shape index (κ3) is 4.08. The molecular formula is C23H27NO. The van der Waals surface area contributed by atoms with Gasteiger partial charge in [-0.2, -0.15) is 0 Å². The second-order valence-corrected chi connectivity index (χ2v) is 6.35. The first-order valence-electron chi connectivity index (χ1n) is 8.69. The molecule has 0 aliphatic carbocycles. The predicted molar refractivity (Wildman–Crippen MR) is 105 cm³/mol. The molecule has 2 aromatic rings. The molecule has 25 heavy (non-hydrogen) atoms. The molecule has 0 N–H and O–H groups in total. The molecule has 0 radical (unpaired) electrons. The summed E-state index contributed by atoms with van der Waals surface area (Å²) in [6.07, 6.45) is 4.70. The van der Waals surface area contributed by atoms with Crippen molar-refractivity contribution in [2.75, 3.05) is 6.54 Å². The Balaban J connectivity index is 2.52. The van der Waals surface area contributed by atoms with Crippen molar-refractivity contribution in [1.29, 1.82) is 0 Å². The number of allylic oxidation sites excluding steroid dienone is 2. The number of benzene rings is 2. The Morgan fingerprint density at radius 1 is 1.00 bits per heavy atom. The molecule has 0 aliphatic heterocycles. The number of carbonyl (C=O) groups excluding carboxylic acids is 1. The first-order chi connectivity index (χ1) is 12.0. The summed E-state index contributed by atoms with van der Waals surface area (Å²) in [7, 11) is 0. The lowest BCUT2D eigenvalue weighted by atomic mass is 9.69. The molecule has 0 amide bonds. The van der Waals surface area contributed by atoms with Crippen LogP contribution in [-0.2, 0) is 10.2 Å². The molecule has 0 aromatic heterocycles. The van der Waals surface area contributed by atoms with Crippen LogP contribution < -0.4 is 0 Å². The second kappa shape index (κ2) is 8.48. The number of rotatable bonds is 8. The van der Waals surface area contributed by atoms with Crippen LogP contribution in [-0.4, -0.2) is 17.2 Å². The Morgan fingerprint density at radius 2 is 1.48 bits per heavy atom. The summed E-state index contributed by atoms with van der Waals surface area (Å²) in [6.45, 7) is 10.5. The number of nitrogens with zero attached hydrogens (tertiary/aromatic N) is 1. The van der Waals surface area contributed by atoms with Gasteiger partial charge in [-0.25, -0.2) is 0 Å². The van der Waals surface area contributed by atoms with Crippen LogP contribution in [0.5, 0.6) is 0 Å². The molecule has 0 saturated carbocycles. The fourth-order valence-corrected chi connectivity index (χ4v) is 3.34. The molecule has 0 fully saturated rings. The van der Waals surface area contributed by atoms with Crippen molar-refractivity contribution in [3.63, 3.8) is 0 Å². The Kier molecular flexibility index (Phi) is 6.35. The molecule has 0 bridgehead atoms. The summed E-state index contributed by atoms with van der Waals surface area (Å²) in [5, 5.41) is 0. The van der Waals surface area contributed by atoms with Crippen LogP contribution in [0.15, 0.2) is 85.2 Å². The van der Waals surface area contributed by atoms with Crippen molar-refractivity contribution >= 4 is 5.78 Å². The molecular weight excluding hydrogens is 306 g/mol. The molecule has 0 aliphatic rings. The molecule has 0 saturated heterocycles. The summed E-state index contributed by atoms with van der Waals surface area (Å²) in [6, 6.07) is 20.2. The quantitative estimate of drug-likeness (QED) is 0.651. The maximum Gasteiger partial charge on any atom is 0.144 e. The summed E-state index contributed by atoms with van der Waals surface area (Å²) < 4.78 is 0. The van der Waals surface area contributed by atoms with Gasteiger partial charge in [0, 0.05) is 12.2 Å². The Morgan fingerprint density at radius 3 is 1.84 bits per heavy atom. The minimum absolute atomic E-state index is 0.159. The Labute approximate surface area is 151 Å². The van der Waals surface area contributed by atoms with Gasteiger partial charge < -0.3 is 4.90 Å². The zero-order valence-electron chi connectivity index (χ0n) is 15.4. The predicted octanol–water partition coefficient (Wildman–Crippen LogP) is 5.32. The fraction of sp³-hybridized carbons (Fsp3) is 0.261. The van der Waals surface area contributed by atoms with Gasteiger partial charge in [0.2, 0.25) is 0 Å². The van der Waals surface area contributed by atoms with E-state index in [9.17, 15) is 4.79 Å². The number of Topliss-reactive ketones (excluding diaryl/α,β-unsaturated/α-hetero) is 1. The first-order valence-corrected chi connectivity index (χ1v) is 8.69. The Bertz CT molecular complexity index is 692. The van der Waals surface area contributed by atoms with E-state index < -0.39 is 5.41 Å². The van der Waals surface area contributed by atoms with Gasteiger partial charge in [0.1, 0.15) is 5.78 Å². The van der Waals surface area contributed by atoms with Crippen LogP contribution in [0, 0.1) is 0 Å². The Hall–Kier alpha value is -2.61. The van der Waals surface area contributed by atoms with Gasteiger partial charge in [0.05, 0.1) is 5.41 Å². The van der Waals surface area contributed by atoms with Gasteiger partial charge in [-0.1, -0.05) is 73.3 Å². The van der Waals surface area contributed by atoms with E-state index in [2.05, 4.69) is 35.7 Å². The zero-order chi connectivity index (χ0) is 18.3. The maximum atomic E-state index is 12.9. The van der Waals surface area contributed by atoms with Crippen molar-refractivity contribution < 1.29 is 4.79 Å². The van der Waals surface area contributed by atoms with Crippen LogP contribution >= 0.6 is 0 Å². The standard InChI is InChI=1S/C23H27NO/c1-5-17-24(19(2)3)18-16-23(20(4)25,21-12-8-6-9-13-21)22-14-10-7-11-15-22/h5-15,17H,2,16,18H2,1,3-4H3/b17-5-. The molecule has 2 rings (SSSR count). The van der Waals surface area contributed by atoms with Gasteiger partial charge in [0.25, 0.3) is 0 Å². The number of hydrogen-bond donors (Lipinski definition) is 0. The minimum atomic E-state index is -0.655. The van der Waals surface area contributed by atoms with E-state index in [4.69, 9.17) is 0 Å². The number of ketones is 1. The van der Waals surface area contributed by atoms with Gasteiger partial charge in [-0.3, -0.25) is 4.79 Å². The summed E-state index contributed by atoms with van der Waals surface area (Å²) in [5.74, 6) is 0.159. The lowest BCUT2D eigenvalue weighted by Gasteiger charge is -2.35. The topological polar surface area (TPSA) is 20.3 Å². The smallest absolute Gasteiger partial charge is 0.144 e. The fourth-order valence-electron chi connectivity index (χ4n) is 3.34. The minimum Gasteiger partial charge on any atom is -0.353 e. The molecule has 2 heteroatoms. The average Bonchev–Trinajstić information content (AvgIpc) is 2.62. The third-order valence-corrected chi connectivity index (χ3v) is 4.68. The highest BCUT2D eigenvalue weighted by Crippen LogP contribution is 2.37. The van der Waals surface area contributed by atoms with Gasteiger partial charge in [0.15, 0.2) is 0 Å². The number of carbonyl (C=O) groups is 1. The summed E-state index contributed by atoms with van der Waals surface area (Å²) >= 11 is 0. The molecule has 0 heterocycles. The highest BCUT2D eigenvalue weighted by Gasteiger charge is 2.39. The van der Waals surface area contributed by atoms with E-state index >= 15 is 0 Å². The zero-order valence-corrected chi connectivity index (χ0v) is 15.4. The van der Waals surface area contributed by atoms with Crippen LogP contribution in [0.4, 0.5) is 0 Å². The number of hydrogen-bond acceptors (Lipinski definition) is 2. The lowest BCUT2D eigenvalue weighted by molar-refractivity contribution is -0.121. The molecule has 130 valence electrons. The van der Waals surface area contributed by atoms with Crippen molar-refractivity contribution in [2.45, 2.75) is 32.6 Å². The van der Waals surface area contributed by atoms with E-state index in [1.807, 2.05) is 62.5 Å². The van der Waals surface area contributed by atoms with Crippen LogP contribution in [0.25, 0.3) is 0 Å². The van der Waals surface area contributed by atoms with E-state index in [1.165, 1.54) is 0 Å². The average molecular weight is 333 g/mol. The molecule has 2 nitrogen and oxygen atoms in total. The van der Waals surface area contributed by atoms with Crippen LogP contribution in [0.2, 0.25) is 0 Å². The van der Waals surface area contributed by atoms with Crippen molar-refractivity contribution in [3.8, 4) is 0 Å². The first kappa shape index (κ1) is 18.7. The van der Waals surface area contributed by atoms with Crippen molar-refractivity contribution in [2.24, 2.45) is 0 Å². The van der Waals surface area contributed by atoms with E-state index in [-0.39, 0.29) is 5.78 Å². The second-order valence-electron chi connectivity index (χ2n) is 6.35. The van der Waals surface area contributed by atoms with E-state index in [0.29, 0.717) is 6.42 Å². The SMILES string of the molecule is C=C(C)N(/C=C\C)CCC(C(C)=O)(c1ccccc1)c1ccccc1. The highest BCUT2D eigenvalue weighted by molar-refractivity contribution is 5.92. The van der Waals surface area contributed by atoms with Gasteiger partial charge in [-0.15, -0.1) is 0 Å². The molecule has 0 spiro atoms. The van der Waals surface area contributed by atoms with E-state index in [1.54, 1.807) is 6.92 Å². The highest BCUT2D eigenvalue weighted by atomic mass is 16.1.